The Morgan fingerprint density at radius 3 is 2.50 bits per heavy atom. The number of halogens is 2. The summed E-state index contributed by atoms with van der Waals surface area (Å²) in [6.45, 7) is 0.933. The van der Waals surface area contributed by atoms with E-state index < -0.39 is 0 Å². The Morgan fingerprint density at radius 2 is 2.05 bits per heavy atom. The SMILES string of the molecule is CN=C(NCC(=O)N(C)C)N(C)Cc1ccc(Cl)s1.I. The minimum Gasteiger partial charge on any atom is -0.347 e. The number of hydrogen-bond acceptors (Lipinski definition) is 3. The molecule has 0 aliphatic carbocycles. The van der Waals surface area contributed by atoms with Gasteiger partial charge in [-0.25, -0.2) is 0 Å². The van der Waals surface area contributed by atoms with Crippen molar-refractivity contribution in [3.63, 3.8) is 0 Å². The number of carbonyl (C=O) groups excluding carboxylic acids is 1. The number of nitrogens with one attached hydrogen (secondary N) is 1. The molecule has 0 fully saturated rings. The fourth-order valence-corrected chi connectivity index (χ4v) is 2.58. The molecule has 1 heterocycles. The summed E-state index contributed by atoms with van der Waals surface area (Å²) in [6.07, 6.45) is 0. The summed E-state index contributed by atoms with van der Waals surface area (Å²) >= 11 is 7.44. The van der Waals surface area contributed by atoms with Crippen LogP contribution in [0.1, 0.15) is 4.88 Å². The minimum absolute atomic E-state index is 0. The molecule has 1 amide bonds. The molecule has 0 saturated carbocycles. The molecule has 1 N–H and O–H groups in total. The number of nitrogens with zero attached hydrogens (tertiary/aromatic N) is 3. The van der Waals surface area contributed by atoms with E-state index >= 15 is 0 Å². The molecule has 114 valence electrons. The first-order valence-corrected chi connectivity index (χ1v) is 6.99. The summed E-state index contributed by atoms with van der Waals surface area (Å²) in [7, 11) is 7.07. The fraction of sp³-hybridized carbons (Fsp3) is 0.500. The van der Waals surface area contributed by atoms with Crippen molar-refractivity contribution in [1.82, 2.24) is 15.1 Å². The molecule has 1 aromatic heterocycles. The lowest BCUT2D eigenvalue weighted by Crippen LogP contribution is -2.43. The standard InChI is InChI=1S/C12H19ClN4OS.HI/c1-14-12(15-7-11(18)16(2)3)17(4)8-9-5-6-10(13)19-9;/h5-6H,7-8H2,1-4H3,(H,14,15);1H. The summed E-state index contributed by atoms with van der Waals surface area (Å²) in [5.41, 5.74) is 0. The number of likely N-dealkylation sites (N-methyl/N-ethyl adjacent to an activating group) is 1. The highest BCUT2D eigenvalue weighted by Crippen LogP contribution is 2.22. The molecular formula is C12H20ClIN4OS. The van der Waals surface area contributed by atoms with Crippen LogP contribution in [0.3, 0.4) is 0 Å². The van der Waals surface area contributed by atoms with Crippen molar-refractivity contribution < 1.29 is 4.79 Å². The number of hydrogen-bond donors (Lipinski definition) is 1. The second-order valence-electron chi connectivity index (χ2n) is 4.25. The third-order valence-corrected chi connectivity index (χ3v) is 3.71. The van der Waals surface area contributed by atoms with Crippen molar-refractivity contribution in [3.05, 3.63) is 21.3 Å². The maximum Gasteiger partial charge on any atom is 0.241 e. The first-order valence-electron chi connectivity index (χ1n) is 5.80. The van der Waals surface area contributed by atoms with Gasteiger partial charge < -0.3 is 15.1 Å². The zero-order valence-electron chi connectivity index (χ0n) is 12.0. The van der Waals surface area contributed by atoms with Crippen molar-refractivity contribution in [2.24, 2.45) is 4.99 Å². The van der Waals surface area contributed by atoms with Crippen LogP contribution in [0.4, 0.5) is 0 Å². The van der Waals surface area contributed by atoms with Crippen molar-refractivity contribution in [2.75, 3.05) is 34.7 Å². The first-order chi connectivity index (χ1) is 8.93. The molecule has 0 atom stereocenters. The maximum atomic E-state index is 11.5. The van der Waals surface area contributed by atoms with E-state index in [0.29, 0.717) is 12.5 Å². The monoisotopic (exact) mass is 430 g/mol. The van der Waals surface area contributed by atoms with Gasteiger partial charge in [-0.05, 0) is 12.1 Å². The summed E-state index contributed by atoms with van der Waals surface area (Å²) in [5, 5.41) is 3.03. The van der Waals surface area contributed by atoms with Crippen LogP contribution >= 0.6 is 46.9 Å². The highest BCUT2D eigenvalue weighted by molar-refractivity contribution is 14.0. The molecule has 0 radical (unpaired) electrons. The van der Waals surface area contributed by atoms with E-state index in [1.54, 1.807) is 26.0 Å². The summed E-state index contributed by atoms with van der Waals surface area (Å²) in [6, 6.07) is 3.86. The first kappa shape index (κ1) is 19.5. The van der Waals surface area contributed by atoms with Crippen LogP contribution in [0, 0.1) is 0 Å². The van der Waals surface area contributed by atoms with Gasteiger partial charge in [0.25, 0.3) is 0 Å². The predicted molar refractivity (Wildman–Crippen MR) is 96.3 cm³/mol. The molecule has 1 rings (SSSR count). The average Bonchev–Trinajstić information content (AvgIpc) is 2.75. The Labute approximate surface area is 146 Å². The normalized spacial score (nSPS) is 10.8. The largest absolute Gasteiger partial charge is 0.347 e. The van der Waals surface area contributed by atoms with Crippen LogP contribution < -0.4 is 5.32 Å². The van der Waals surface area contributed by atoms with E-state index in [9.17, 15) is 4.79 Å². The Balaban J connectivity index is 0.00000361. The number of amides is 1. The van der Waals surface area contributed by atoms with Gasteiger partial charge in [-0.15, -0.1) is 35.3 Å². The Morgan fingerprint density at radius 1 is 1.40 bits per heavy atom. The van der Waals surface area contributed by atoms with Crippen molar-refractivity contribution in [1.29, 1.82) is 0 Å². The fourth-order valence-electron chi connectivity index (χ4n) is 1.44. The predicted octanol–water partition coefficient (Wildman–Crippen LogP) is 2.11. The smallest absolute Gasteiger partial charge is 0.241 e. The molecule has 0 aromatic carbocycles. The molecule has 20 heavy (non-hydrogen) atoms. The lowest BCUT2D eigenvalue weighted by molar-refractivity contribution is -0.127. The van der Waals surface area contributed by atoms with Crippen molar-refractivity contribution in [2.45, 2.75) is 6.54 Å². The van der Waals surface area contributed by atoms with Gasteiger partial charge in [0.15, 0.2) is 5.96 Å². The second-order valence-corrected chi connectivity index (χ2v) is 6.05. The quantitative estimate of drug-likeness (QED) is 0.452. The molecule has 1 aromatic rings. The number of guanidine groups is 1. The van der Waals surface area contributed by atoms with Gasteiger partial charge in [-0.3, -0.25) is 9.79 Å². The number of aliphatic imine (C=N–C) groups is 1. The molecule has 8 heteroatoms. The minimum atomic E-state index is 0. The van der Waals surface area contributed by atoms with Gasteiger partial charge in [0, 0.05) is 33.1 Å². The topological polar surface area (TPSA) is 47.9 Å². The third-order valence-electron chi connectivity index (χ3n) is 2.49. The third kappa shape index (κ3) is 6.27. The lowest BCUT2D eigenvalue weighted by atomic mass is 10.4. The van der Waals surface area contributed by atoms with Crippen molar-refractivity contribution >= 4 is 58.8 Å². The second kappa shape index (κ2) is 9.41. The molecule has 0 saturated heterocycles. The van der Waals surface area contributed by atoms with Crippen LogP contribution in [0.2, 0.25) is 4.34 Å². The molecular weight excluding hydrogens is 411 g/mol. The Hall–Kier alpha value is -0.540. The van der Waals surface area contributed by atoms with Gasteiger partial charge in [-0.2, -0.15) is 0 Å². The van der Waals surface area contributed by atoms with Gasteiger partial charge in [0.2, 0.25) is 5.91 Å². The van der Waals surface area contributed by atoms with E-state index in [1.165, 1.54) is 11.3 Å². The zero-order chi connectivity index (χ0) is 14.4. The van der Waals surface area contributed by atoms with Gasteiger partial charge in [-0.1, -0.05) is 11.6 Å². The van der Waals surface area contributed by atoms with E-state index in [2.05, 4.69) is 10.3 Å². The van der Waals surface area contributed by atoms with Gasteiger partial charge in [0.1, 0.15) is 0 Å². The summed E-state index contributed by atoms with van der Waals surface area (Å²) in [5.74, 6) is 0.688. The molecule has 0 aliphatic heterocycles. The van der Waals surface area contributed by atoms with Crippen LogP contribution in [-0.2, 0) is 11.3 Å². The molecule has 0 bridgehead atoms. The van der Waals surface area contributed by atoms with Crippen LogP contribution in [0.15, 0.2) is 17.1 Å². The van der Waals surface area contributed by atoms with E-state index in [0.717, 1.165) is 9.21 Å². The summed E-state index contributed by atoms with van der Waals surface area (Å²) < 4.78 is 0.772. The van der Waals surface area contributed by atoms with Gasteiger partial charge in [0.05, 0.1) is 17.4 Å². The average molecular weight is 431 g/mol. The van der Waals surface area contributed by atoms with Crippen LogP contribution in [0.5, 0.6) is 0 Å². The van der Waals surface area contributed by atoms with E-state index in [4.69, 9.17) is 11.6 Å². The number of carbonyl (C=O) groups is 1. The highest BCUT2D eigenvalue weighted by Gasteiger charge is 2.10. The lowest BCUT2D eigenvalue weighted by Gasteiger charge is -2.22. The highest BCUT2D eigenvalue weighted by atomic mass is 127. The Kier molecular flexibility index (Phi) is 9.15. The van der Waals surface area contributed by atoms with E-state index in [1.807, 2.05) is 24.1 Å². The molecule has 5 nitrogen and oxygen atoms in total. The maximum absolute atomic E-state index is 11.5. The van der Waals surface area contributed by atoms with E-state index in [-0.39, 0.29) is 36.4 Å². The molecule has 0 spiro atoms. The van der Waals surface area contributed by atoms with Crippen LogP contribution in [-0.4, -0.2) is 56.4 Å². The number of rotatable bonds is 4. The van der Waals surface area contributed by atoms with Crippen molar-refractivity contribution in [3.8, 4) is 0 Å². The van der Waals surface area contributed by atoms with Crippen LogP contribution in [0.25, 0.3) is 0 Å². The summed E-state index contributed by atoms with van der Waals surface area (Å²) in [4.78, 5) is 20.3. The molecule has 0 unspecified atom stereocenters. The molecule has 0 aliphatic rings. The zero-order valence-corrected chi connectivity index (χ0v) is 15.9. The Bertz CT molecular complexity index is 464. The number of thiophene rings is 1. The van der Waals surface area contributed by atoms with Gasteiger partial charge >= 0.3 is 0 Å².